The number of nitrogen functional groups attached to an aromatic ring is 1. The lowest BCUT2D eigenvalue weighted by atomic mass is 10.1. The van der Waals surface area contributed by atoms with E-state index in [2.05, 4.69) is 19.9 Å². The molecule has 0 bridgehead atoms. The summed E-state index contributed by atoms with van der Waals surface area (Å²) in [7, 11) is 0. The van der Waals surface area contributed by atoms with Gasteiger partial charge in [-0.2, -0.15) is 0 Å². The summed E-state index contributed by atoms with van der Waals surface area (Å²) in [5.74, 6) is 0.382. The van der Waals surface area contributed by atoms with Crippen LogP contribution in [0.3, 0.4) is 0 Å². The van der Waals surface area contributed by atoms with Gasteiger partial charge in [-0.05, 0) is 12.8 Å². The van der Waals surface area contributed by atoms with Crippen LogP contribution in [-0.4, -0.2) is 60.5 Å². The predicted octanol–water partition coefficient (Wildman–Crippen LogP) is -3.84. The van der Waals surface area contributed by atoms with Crippen LogP contribution >= 0.6 is 0 Å². The number of anilines is 1. The molecule has 1 saturated heterocycles. The second-order valence-corrected chi connectivity index (χ2v) is 5.65. The maximum Gasteiger partial charge on any atom is 0.338 e. The first-order valence-electron chi connectivity index (χ1n) is 7.55. The number of guanidine groups is 1. The smallest absolute Gasteiger partial charge is 0.338 e. The van der Waals surface area contributed by atoms with E-state index in [0.717, 1.165) is 0 Å². The van der Waals surface area contributed by atoms with Gasteiger partial charge in [0.1, 0.15) is 24.1 Å². The summed E-state index contributed by atoms with van der Waals surface area (Å²) >= 11 is 0. The largest absolute Gasteiger partial charge is 0.388 e. The minimum Gasteiger partial charge on any atom is -0.388 e. The minimum atomic E-state index is -1.11. The number of rotatable bonds is 5. The maximum atomic E-state index is 10.3. The molecule has 1 fully saturated rings. The number of aromatic nitrogens is 4. The predicted molar refractivity (Wildman–Crippen MR) is 84.1 cm³/mol. The van der Waals surface area contributed by atoms with Crippen LogP contribution in [0.2, 0.25) is 0 Å². The second-order valence-electron chi connectivity index (χ2n) is 5.65. The molecule has 130 valence electrons. The Kier molecular flexibility index (Phi) is 4.46. The van der Waals surface area contributed by atoms with Gasteiger partial charge in [0.15, 0.2) is 17.7 Å². The number of nitrogens with zero attached hydrogens (tertiary/aromatic N) is 4. The highest BCUT2D eigenvalue weighted by molar-refractivity contribution is 5.81. The fraction of sp³-hybridized carbons (Fsp3) is 0.538. The summed E-state index contributed by atoms with van der Waals surface area (Å²) in [5.41, 5.74) is 17.2. The molecule has 2 aromatic heterocycles. The van der Waals surface area contributed by atoms with Gasteiger partial charge in [0.2, 0.25) is 0 Å². The Morgan fingerprint density at radius 1 is 1.25 bits per heavy atom. The summed E-state index contributed by atoms with van der Waals surface area (Å²) in [6.45, 7) is 0.549. The van der Waals surface area contributed by atoms with Crippen LogP contribution in [0.25, 0.3) is 11.2 Å². The fourth-order valence-electron chi connectivity index (χ4n) is 2.79. The van der Waals surface area contributed by atoms with Gasteiger partial charge >= 0.3 is 5.96 Å². The van der Waals surface area contributed by atoms with Crippen molar-refractivity contribution in [2.24, 2.45) is 11.5 Å². The third-order valence-electron chi connectivity index (χ3n) is 3.99. The van der Waals surface area contributed by atoms with Crippen LogP contribution in [0.15, 0.2) is 12.7 Å². The first kappa shape index (κ1) is 16.4. The van der Waals surface area contributed by atoms with E-state index in [-0.39, 0.29) is 11.8 Å². The highest BCUT2D eigenvalue weighted by Gasteiger charge is 2.43. The zero-order chi connectivity index (χ0) is 17.3. The number of ether oxygens (including phenoxy) is 1. The number of hydrogen-bond donors (Lipinski definition) is 6. The number of nitrogens with two attached hydrogens (primary N) is 3. The van der Waals surface area contributed by atoms with Crippen LogP contribution in [-0.2, 0) is 4.74 Å². The first-order valence-corrected chi connectivity index (χ1v) is 7.55. The second kappa shape index (κ2) is 6.55. The summed E-state index contributed by atoms with van der Waals surface area (Å²) < 4.78 is 7.36. The number of imidazole rings is 1. The molecule has 3 rings (SSSR count). The molecule has 0 aromatic carbocycles. The van der Waals surface area contributed by atoms with E-state index >= 15 is 0 Å². The third-order valence-corrected chi connectivity index (χ3v) is 3.99. The van der Waals surface area contributed by atoms with Crippen LogP contribution in [0, 0.1) is 0 Å². The number of hydrogen-bond acceptors (Lipinski definition) is 7. The molecular formula is C13H21N8O3+. The van der Waals surface area contributed by atoms with Crippen molar-refractivity contribution >= 4 is 22.9 Å². The van der Waals surface area contributed by atoms with E-state index in [1.165, 1.54) is 12.7 Å². The summed E-state index contributed by atoms with van der Waals surface area (Å²) in [6.07, 6.45) is 0.506. The van der Waals surface area contributed by atoms with Crippen LogP contribution < -0.4 is 22.2 Å². The third kappa shape index (κ3) is 2.96. The Balaban J connectivity index is 1.74. The molecule has 2 aromatic rings. The number of aliphatic hydroxyl groups excluding tert-OH is 2. The Bertz CT molecular complexity index is 744. The van der Waals surface area contributed by atoms with Gasteiger partial charge in [0.25, 0.3) is 0 Å². The Hall–Kier alpha value is -2.50. The molecule has 0 saturated carbocycles. The monoisotopic (exact) mass is 337 g/mol. The quantitative estimate of drug-likeness (QED) is 0.180. The number of fused-ring (bicyclic) bond motifs is 1. The van der Waals surface area contributed by atoms with E-state index in [1.807, 2.05) is 0 Å². The number of aliphatic hydroxyl groups is 2. The van der Waals surface area contributed by atoms with Crippen LogP contribution in [0.4, 0.5) is 5.82 Å². The molecule has 4 atom stereocenters. The minimum absolute atomic E-state index is 0.142. The SMILES string of the molecule is NC(N)=[NH+]CCC[C@H]1O[C@@H](n2cnc3c(N)ncnc32)[C@H](O)[C@@H]1O. The molecule has 1 aliphatic rings. The summed E-state index contributed by atoms with van der Waals surface area (Å²) in [5, 5.41) is 20.5. The van der Waals surface area contributed by atoms with Crippen molar-refractivity contribution in [3.63, 3.8) is 0 Å². The van der Waals surface area contributed by atoms with Crippen molar-refractivity contribution in [1.29, 1.82) is 0 Å². The average Bonchev–Trinajstić information content (AvgIpc) is 3.08. The Morgan fingerprint density at radius 3 is 2.79 bits per heavy atom. The topological polar surface area (TPSA) is 185 Å². The van der Waals surface area contributed by atoms with Crippen molar-refractivity contribution in [2.75, 3.05) is 12.3 Å². The molecular weight excluding hydrogens is 316 g/mol. The lowest BCUT2D eigenvalue weighted by Crippen LogP contribution is -2.78. The van der Waals surface area contributed by atoms with Gasteiger partial charge in [-0.15, -0.1) is 0 Å². The molecule has 0 spiro atoms. The van der Waals surface area contributed by atoms with Gasteiger partial charge in [0, 0.05) is 0 Å². The van der Waals surface area contributed by atoms with Crippen LogP contribution in [0.1, 0.15) is 19.1 Å². The van der Waals surface area contributed by atoms with E-state index in [0.29, 0.717) is 30.6 Å². The van der Waals surface area contributed by atoms with Gasteiger partial charge < -0.3 is 20.7 Å². The Labute approximate surface area is 137 Å². The van der Waals surface area contributed by atoms with E-state index < -0.39 is 24.5 Å². The van der Waals surface area contributed by atoms with Crippen molar-refractivity contribution in [3.8, 4) is 0 Å². The molecule has 11 heteroatoms. The fourth-order valence-corrected chi connectivity index (χ4v) is 2.79. The highest BCUT2D eigenvalue weighted by Crippen LogP contribution is 2.33. The van der Waals surface area contributed by atoms with E-state index in [1.54, 1.807) is 4.57 Å². The van der Waals surface area contributed by atoms with Crippen molar-refractivity contribution in [1.82, 2.24) is 19.5 Å². The zero-order valence-electron chi connectivity index (χ0n) is 12.9. The summed E-state index contributed by atoms with van der Waals surface area (Å²) in [4.78, 5) is 14.9. The van der Waals surface area contributed by atoms with Crippen molar-refractivity contribution < 1.29 is 19.9 Å². The molecule has 11 nitrogen and oxygen atoms in total. The molecule has 0 aliphatic carbocycles. The van der Waals surface area contributed by atoms with Gasteiger partial charge in [-0.25, -0.2) is 15.0 Å². The lowest BCUT2D eigenvalue weighted by molar-refractivity contribution is -0.460. The van der Waals surface area contributed by atoms with Crippen LogP contribution in [0.5, 0.6) is 0 Å². The normalized spacial score (nSPS) is 26.8. The molecule has 9 N–H and O–H groups in total. The molecule has 0 radical (unpaired) electrons. The maximum absolute atomic E-state index is 10.3. The molecule has 0 amide bonds. The Morgan fingerprint density at radius 2 is 2.04 bits per heavy atom. The van der Waals surface area contributed by atoms with Crippen molar-refractivity contribution in [2.45, 2.75) is 37.4 Å². The van der Waals surface area contributed by atoms with Gasteiger partial charge in [-0.3, -0.25) is 21.0 Å². The molecule has 24 heavy (non-hydrogen) atoms. The van der Waals surface area contributed by atoms with E-state index in [9.17, 15) is 10.2 Å². The summed E-state index contributed by atoms with van der Waals surface area (Å²) in [6, 6.07) is 0. The molecule has 3 heterocycles. The average molecular weight is 337 g/mol. The zero-order valence-corrected chi connectivity index (χ0v) is 12.9. The van der Waals surface area contributed by atoms with Crippen molar-refractivity contribution in [3.05, 3.63) is 12.7 Å². The van der Waals surface area contributed by atoms with Gasteiger partial charge in [0.05, 0.1) is 19.0 Å². The molecule has 1 aliphatic heterocycles. The first-order chi connectivity index (χ1) is 11.5. The lowest BCUT2D eigenvalue weighted by Gasteiger charge is -2.16. The highest BCUT2D eigenvalue weighted by atomic mass is 16.6. The van der Waals surface area contributed by atoms with E-state index in [4.69, 9.17) is 21.9 Å². The molecule has 0 unspecified atom stereocenters. The number of nitrogens with one attached hydrogen (secondary N) is 1. The van der Waals surface area contributed by atoms with Gasteiger partial charge in [-0.1, -0.05) is 0 Å². The standard InChI is InChI=1S/C13H20N8O3/c14-10-7-11(19-4-18-10)21(5-20-7)12-9(23)8(22)6(24-12)2-1-3-17-13(15)16/h4-6,8-9,12,22-23H,1-3H2,(H2,14,18,19)(H4,15,16,17)/p+1/t6-,8-,9-,12-/m1/s1.